The Labute approximate surface area is 383 Å². The third kappa shape index (κ3) is 25.2. The van der Waals surface area contributed by atoms with Crippen molar-refractivity contribution >= 4 is 11.9 Å². The van der Waals surface area contributed by atoms with E-state index in [1.54, 1.807) is 0 Å². The molecular formula is C49H88O15. The Morgan fingerprint density at radius 1 is 0.531 bits per heavy atom. The number of carbonyl (C=O) groups is 2. The van der Waals surface area contributed by atoms with Gasteiger partial charge in [0.2, 0.25) is 0 Å². The van der Waals surface area contributed by atoms with Gasteiger partial charge in [-0.1, -0.05) is 134 Å². The standard InChI is InChI=1S/C49H88O15/c1-3-5-7-9-11-13-15-17-18-20-22-24-26-28-30-32-41(52)62-37(34-59-40(51)31-29-27-25-23-21-19-16-14-12-10-8-6-4-2)35-60-48-47(58)45(56)43(54)39(64-48)36-61-49-46(57)44(55)42(53)38(33-50)63-49/h3,14,16,37-39,42-50,53-58H,1,4-13,15,17-36H2,2H3/b16-14+/t37-,38-,39-,42+,43+,44?,45?,46?,47?,48-,49-/m1/s1. The van der Waals surface area contributed by atoms with Gasteiger partial charge in [0.1, 0.15) is 55.4 Å². The maximum atomic E-state index is 13.0. The zero-order valence-electron chi connectivity index (χ0n) is 39.1. The summed E-state index contributed by atoms with van der Waals surface area (Å²) >= 11 is 0. The number of ether oxygens (including phenoxy) is 6. The lowest BCUT2D eigenvalue weighted by molar-refractivity contribution is -0.332. The summed E-state index contributed by atoms with van der Waals surface area (Å²) in [6.07, 6.45) is 18.1. The fraction of sp³-hybridized carbons (Fsp3) is 0.878. The van der Waals surface area contributed by atoms with Gasteiger partial charge in [0.25, 0.3) is 0 Å². The van der Waals surface area contributed by atoms with E-state index in [-0.39, 0.29) is 26.1 Å². The van der Waals surface area contributed by atoms with E-state index in [1.807, 2.05) is 6.08 Å². The molecule has 7 N–H and O–H groups in total. The van der Waals surface area contributed by atoms with E-state index in [0.717, 1.165) is 64.2 Å². The zero-order valence-corrected chi connectivity index (χ0v) is 39.1. The lowest BCUT2D eigenvalue weighted by Crippen LogP contribution is -2.61. The van der Waals surface area contributed by atoms with Gasteiger partial charge in [-0.2, -0.15) is 0 Å². The van der Waals surface area contributed by atoms with E-state index in [1.165, 1.54) is 83.5 Å². The highest BCUT2D eigenvalue weighted by Crippen LogP contribution is 2.26. The number of hydrogen-bond acceptors (Lipinski definition) is 15. The Kier molecular flexibility index (Phi) is 33.6. The van der Waals surface area contributed by atoms with Crippen LogP contribution in [0.2, 0.25) is 0 Å². The molecule has 2 aliphatic heterocycles. The van der Waals surface area contributed by atoms with Crippen LogP contribution in [0.5, 0.6) is 0 Å². The van der Waals surface area contributed by atoms with Crippen LogP contribution in [0.4, 0.5) is 0 Å². The smallest absolute Gasteiger partial charge is 0.306 e. The topological polar surface area (TPSA) is 231 Å². The summed E-state index contributed by atoms with van der Waals surface area (Å²) in [5.74, 6) is -0.934. The quantitative estimate of drug-likeness (QED) is 0.0202. The molecule has 15 nitrogen and oxygen atoms in total. The molecule has 64 heavy (non-hydrogen) atoms. The Morgan fingerprint density at radius 2 is 0.969 bits per heavy atom. The summed E-state index contributed by atoms with van der Waals surface area (Å²) in [5, 5.41) is 72.0. The predicted octanol–water partition coefficient (Wildman–Crippen LogP) is 6.38. The number of aliphatic hydroxyl groups is 7. The number of aliphatic hydroxyl groups excluding tert-OH is 7. The van der Waals surface area contributed by atoms with Gasteiger partial charge in [0.05, 0.1) is 19.8 Å². The summed E-state index contributed by atoms with van der Waals surface area (Å²) in [7, 11) is 0. The number of allylic oxidation sites excluding steroid dienone is 3. The highest BCUT2D eigenvalue weighted by molar-refractivity contribution is 5.70. The maximum absolute atomic E-state index is 13.0. The molecule has 0 aromatic carbocycles. The Balaban J connectivity index is 1.82. The van der Waals surface area contributed by atoms with Crippen LogP contribution in [0.3, 0.4) is 0 Å². The van der Waals surface area contributed by atoms with Crippen LogP contribution in [-0.2, 0) is 38.0 Å². The first-order chi connectivity index (χ1) is 31.0. The van der Waals surface area contributed by atoms with Crippen molar-refractivity contribution in [2.24, 2.45) is 0 Å². The maximum Gasteiger partial charge on any atom is 0.306 e. The minimum Gasteiger partial charge on any atom is -0.462 e. The molecule has 0 amide bonds. The van der Waals surface area contributed by atoms with Crippen LogP contribution in [0.15, 0.2) is 24.8 Å². The first-order valence-electron chi connectivity index (χ1n) is 24.9. The molecule has 374 valence electrons. The molecule has 2 saturated heterocycles. The largest absolute Gasteiger partial charge is 0.462 e. The third-order valence-electron chi connectivity index (χ3n) is 12.0. The van der Waals surface area contributed by atoms with Crippen molar-refractivity contribution in [3.63, 3.8) is 0 Å². The second-order valence-electron chi connectivity index (χ2n) is 17.7. The summed E-state index contributed by atoms with van der Waals surface area (Å²) in [6.45, 7) is 4.10. The van der Waals surface area contributed by atoms with Gasteiger partial charge in [-0.25, -0.2) is 0 Å². The van der Waals surface area contributed by atoms with Gasteiger partial charge >= 0.3 is 11.9 Å². The molecule has 2 aliphatic rings. The number of esters is 2. The van der Waals surface area contributed by atoms with Crippen molar-refractivity contribution in [3.8, 4) is 0 Å². The number of hydrogen-bond donors (Lipinski definition) is 7. The fourth-order valence-corrected chi connectivity index (χ4v) is 7.90. The molecule has 4 unspecified atom stereocenters. The summed E-state index contributed by atoms with van der Waals surface area (Å²) in [4.78, 5) is 25.7. The van der Waals surface area contributed by atoms with Crippen LogP contribution < -0.4 is 0 Å². The SMILES string of the molecule is C=CCCCCCCCCCCCCCCCC(=O)O[C@H](COC(=O)CCCCCCC/C=C/CCCCCC)CO[C@@H]1O[C@H](CO[C@@H]2O[C@H](CO)[C@H](O)C(O)C2O)[C@H](O)C(O)C1O. The van der Waals surface area contributed by atoms with E-state index < -0.39 is 92.7 Å². The van der Waals surface area contributed by atoms with Crippen molar-refractivity contribution in [2.45, 2.75) is 248 Å². The van der Waals surface area contributed by atoms with Crippen molar-refractivity contribution in [1.29, 1.82) is 0 Å². The van der Waals surface area contributed by atoms with Crippen LogP contribution in [0.1, 0.15) is 180 Å². The Hall–Kier alpha value is -2.02. The predicted molar refractivity (Wildman–Crippen MR) is 243 cm³/mol. The van der Waals surface area contributed by atoms with Crippen molar-refractivity contribution in [1.82, 2.24) is 0 Å². The normalized spacial score (nSPS) is 26.6. The molecule has 11 atom stereocenters. The highest BCUT2D eigenvalue weighted by atomic mass is 16.7. The van der Waals surface area contributed by atoms with Crippen molar-refractivity contribution < 1.29 is 73.8 Å². The van der Waals surface area contributed by atoms with Gasteiger partial charge in [0, 0.05) is 12.8 Å². The van der Waals surface area contributed by atoms with Crippen molar-refractivity contribution in [2.75, 3.05) is 26.4 Å². The first-order valence-corrected chi connectivity index (χ1v) is 24.9. The second-order valence-corrected chi connectivity index (χ2v) is 17.7. The van der Waals surface area contributed by atoms with Crippen LogP contribution >= 0.6 is 0 Å². The minimum atomic E-state index is -1.76. The molecule has 0 bridgehead atoms. The molecule has 0 spiro atoms. The van der Waals surface area contributed by atoms with E-state index in [4.69, 9.17) is 28.4 Å². The number of rotatable bonds is 39. The van der Waals surface area contributed by atoms with Gasteiger partial charge in [-0.3, -0.25) is 9.59 Å². The molecule has 0 aliphatic carbocycles. The van der Waals surface area contributed by atoms with Crippen molar-refractivity contribution in [3.05, 3.63) is 24.8 Å². The Bertz CT molecular complexity index is 1200. The molecule has 2 heterocycles. The molecular weight excluding hydrogens is 829 g/mol. The third-order valence-corrected chi connectivity index (χ3v) is 12.0. The molecule has 0 radical (unpaired) electrons. The molecule has 2 rings (SSSR count). The lowest BCUT2D eigenvalue weighted by atomic mass is 9.98. The van der Waals surface area contributed by atoms with Crippen LogP contribution in [0.25, 0.3) is 0 Å². The zero-order chi connectivity index (χ0) is 46.8. The lowest BCUT2D eigenvalue weighted by Gasteiger charge is -2.42. The monoisotopic (exact) mass is 917 g/mol. The van der Waals surface area contributed by atoms with E-state index in [2.05, 4.69) is 25.7 Å². The van der Waals surface area contributed by atoms with E-state index >= 15 is 0 Å². The average Bonchev–Trinajstić information content (AvgIpc) is 3.29. The minimum absolute atomic E-state index is 0.164. The summed E-state index contributed by atoms with van der Waals surface area (Å²) < 4.78 is 33.5. The molecule has 0 aromatic rings. The fourth-order valence-electron chi connectivity index (χ4n) is 7.90. The highest BCUT2D eigenvalue weighted by Gasteiger charge is 2.47. The van der Waals surface area contributed by atoms with Gasteiger partial charge < -0.3 is 64.2 Å². The first kappa shape index (κ1) is 58.1. The van der Waals surface area contributed by atoms with Gasteiger partial charge in [-0.15, -0.1) is 6.58 Å². The number of unbranched alkanes of at least 4 members (excludes halogenated alkanes) is 22. The summed E-state index contributed by atoms with van der Waals surface area (Å²) in [6, 6.07) is 0. The van der Waals surface area contributed by atoms with Gasteiger partial charge in [-0.05, 0) is 51.4 Å². The van der Waals surface area contributed by atoms with Crippen LogP contribution in [0, 0.1) is 0 Å². The Morgan fingerprint density at radius 3 is 1.48 bits per heavy atom. The molecule has 15 heteroatoms. The average molecular weight is 917 g/mol. The van der Waals surface area contributed by atoms with Crippen LogP contribution in [-0.4, -0.2) is 142 Å². The molecule has 0 aromatic heterocycles. The van der Waals surface area contributed by atoms with E-state index in [0.29, 0.717) is 12.8 Å². The molecule has 2 fully saturated rings. The second kappa shape index (κ2) is 37.0. The number of carbonyl (C=O) groups excluding carboxylic acids is 2. The summed E-state index contributed by atoms with van der Waals surface area (Å²) in [5.41, 5.74) is 0. The van der Waals surface area contributed by atoms with E-state index in [9.17, 15) is 45.3 Å². The van der Waals surface area contributed by atoms with Gasteiger partial charge in [0.15, 0.2) is 18.7 Å². The molecule has 0 saturated carbocycles.